The van der Waals surface area contributed by atoms with Crippen LogP contribution in [0, 0.1) is 11.6 Å². The first-order chi connectivity index (χ1) is 6.61. The highest BCUT2D eigenvalue weighted by atomic mass is 19.1. The third-order valence-electron chi connectivity index (χ3n) is 1.93. The summed E-state index contributed by atoms with van der Waals surface area (Å²) in [7, 11) is 0. The highest BCUT2D eigenvalue weighted by Crippen LogP contribution is 2.07. The molecule has 78 valence electrons. The number of rotatable bonds is 4. The Morgan fingerprint density at radius 3 is 2.36 bits per heavy atom. The number of benzene rings is 1. The van der Waals surface area contributed by atoms with E-state index in [-0.39, 0.29) is 6.04 Å². The predicted molar refractivity (Wildman–Crippen MR) is 51.7 cm³/mol. The summed E-state index contributed by atoms with van der Waals surface area (Å²) in [4.78, 5) is 0. The van der Waals surface area contributed by atoms with Gasteiger partial charge in [0.05, 0.1) is 0 Å². The van der Waals surface area contributed by atoms with Gasteiger partial charge >= 0.3 is 0 Å². The average Bonchev–Trinajstić information content (AvgIpc) is 2.12. The second-order valence-corrected chi connectivity index (χ2v) is 3.30. The van der Waals surface area contributed by atoms with E-state index < -0.39 is 11.6 Å². The van der Waals surface area contributed by atoms with E-state index >= 15 is 0 Å². The maximum absolute atomic E-state index is 12.7. The molecule has 1 aromatic rings. The van der Waals surface area contributed by atoms with Crippen LogP contribution in [0.15, 0.2) is 18.2 Å². The van der Waals surface area contributed by atoms with Crippen molar-refractivity contribution in [2.75, 3.05) is 6.54 Å². The van der Waals surface area contributed by atoms with Gasteiger partial charge in [-0.15, -0.1) is 0 Å². The largest absolute Gasteiger partial charge is 0.329 e. The van der Waals surface area contributed by atoms with Gasteiger partial charge < -0.3 is 11.1 Å². The average molecular weight is 200 g/mol. The maximum Gasteiger partial charge on any atom is 0.126 e. The number of halogens is 2. The third kappa shape index (κ3) is 3.40. The van der Waals surface area contributed by atoms with Crippen molar-refractivity contribution in [3.05, 3.63) is 35.4 Å². The molecule has 14 heavy (non-hydrogen) atoms. The second-order valence-electron chi connectivity index (χ2n) is 3.30. The molecule has 2 nitrogen and oxygen atoms in total. The molecular weight excluding hydrogens is 186 g/mol. The van der Waals surface area contributed by atoms with Gasteiger partial charge in [-0.05, 0) is 24.6 Å². The lowest BCUT2D eigenvalue weighted by Gasteiger charge is -2.10. The van der Waals surface area contributed by atoms with Crippen molar-refractivity contribution in [3.63, 3.8) is 0 Å². The fraction of sp³-hybridized carbons (Fsp3) is 0.400. The monoisotopic (exact) mass is 200 g/mol. The predicted octanol–water partition coefficient (Wildman–Crippen LogP) is 1.40. The van der Waals surface area contributed by atoms with E-state index in [9.17, 15) is 8.78 Å². The summed E-state index contributed by atoms with van der Waals surface area (Å²) in [6.07, 6.45) is 0. The van der Waals surface area contributed by atoms with Crippen LogP contribution in [0.25, 0.3) is 0 Å². The zero-order chi connectivity index (χ0) is 10.6. The van der Waals surface area contributed by atoms with E-state index in [4.69, 9.17) is 5.73 Å². The zero-order valence-corrected chi connectivity index (χ0v) is 8.06. The van der Waals surface area contributed by atoms with Crippen LogP contribution < -0.4 is 11.1 Å². The van der Waals surface area contributed by atoms with Gasteiger partial charge in [0.15, 0.2) is 0 Å². The molecule has 1 rings (SSSR count). The molecule has 4 heteroatoms. The van der Waals surface area contributed by atoms with Gasteiger partial charge in [-0.2, -0.15) is 0 Å². The smallest absolute Gasteiger partial charge is 0.126 e. The van der Waals surface area contributed by atoms with Crippen molar-refractivity contribution >= 4 is 0 Å². The topological polar surface area (TPSA) is 38.0 Å². The Morgan fingerprint density at radius 2 is 1.86 bits per heavy atom. The van der Waals surface area contributed by atoms with Gasteiger partial charge in [0.25, 0.3) is 0 Å². The molecule has 1 aromatic carbocycles. The van der Waals surface area contributed by atoms with E-state index in [0.717, 1.165) is 6.07 Å². The van der Waals surface area contributed by atoms with E-state index in [1.54, 1.807) is 0 Å². The van der Waals surface area contributed by atoms with Crippen LogP contribution in [-0.4, -0.2) is 12.6 Å². The molecule has 0 saturated heterocycles. The minimum Gasteiger partial charge on any atom is -0.329 e. The molecule has 0 saturated carbocycles. The van der Waals surface area contributed by atoms with Gasteiger partial charge in [-0.25, -0.2) is 8.78 Å². The third-order valence-corrected chi connectivity index (χ3v) is 1.93. The Labute approximate surface area is 82.1 Å². The van der Waals surface area contributed by atoms with Crippen molar-refractivity contribution < 1.29 is 8.78 Å². The minimum absolute atomic E-state index is 0.140. The Hall–Kier alpha value is -1.00. The highest BCUT2D eigenvalue weighted by Gasteiger charge is 2.02. The molecule has 0 bridgehead atoms. The quantitative estimate of drug-likeness (QED) is 0.771. The summed E-state index contributed by atoms with van der Waals surface area (Å²) < 4.78 is 25.5. The van der Waals surface area contributed by atoms with Crippen molar-refractivity contribution in [3.8, 4) is 0 Å². The van der Waals surface area contributed by atoms with Crippen molar-refractivity contribution in [1.29, 1.82) is 0 Å². The Balaban J connectivity index is 2.58. The number of nitrogens with one attached hydrogen (secondary N) is 1. The number of hydrogen-bond acceptors (Lipinski definition) is 2. The minimum atomic E-state index is -0.554. The maximum atomic E-state index is 12.7. The number of hydrogen-bond donors (Lipinski definition) is 2. The molecule has 1 atom stereocenters. The summed E-state index contributed by atoms with van der Waals surface area (Å²) in [5, 5.41) is 3.04. The molecule has 0 aliphatic carbocycles. The van der Waals surface area contributed by atoms with Gasteiger partial charge in [0.1, 0.15) is 11.6 Å². The van der Waals surface area contributed by atoms with Crippen LogP contribution in [0.3, 0.4) is 0 Å². The SMILES string of the molecule is C[C@@H](CN)NCc1cc(F)cc(F)c1. The van der Waals surface area contributed by atoms with Gasteiger partial charge in [0, 0.05) is 25.2 Å². The lowest BCUT2D eigenvalue weighted by molar-refractivity contribution is 0.544. The fourth-order valence-corrected chi connectivity index (χ4v) is 1.09. The normalized spacial score (nSPS) is 12.9. The van der Waals surface area contributed by atoms with Crippen molar-refractivity contribution in [2.45, 2.75) is 19.5 Å². The second kappa shape index (κ2) is 5.02. The van der Waals surface area contributed by atoms with Gasteiger partial charge in [-0.3, -0.25) is 0 Å². The lowest BCUT2D eigenvalue weighted by atomic mass is 10.2. The molecule has 0 unspecified atom stereocenters. The summed E-state index contributed by atoms with van der Waals surface area (Å²) in [6.45, 7) is 2.83. The summed E-state index contributed by atoms with van der Waals surface area (Å²) in [5.74, 6) is -1.11. The standard InChI is InChI=1S/C10H14F2N2/c1-7(5-13)14-6-8-2-9(11)4-10(12)3-8/h2-4,7,14H,5-6,13H2,1H3/t7-/m0/s1. The van der Waals surface area contributed by atoms with Crippen LogP contribution in [0.4, 0.5) is 8.78 Å². The summed E-state index contributed by atoms with van der Waals surface area (Å²) >= 11 is 0. The van der Waals surface area contributed by atoms with E-state index in [0.29, 0.717) is 18.7 Å². The molecule has 0 aliphatic heterocycles. The first-order valence-electron chi connectivity index (χ1n) is 4.50. The Morgan fingerprint density at radius 1 is 1.29 bits per heavy atom. The van der Waals surface area contributed by atoms with E-state index in [1.807, 2.05) is 6.92 Å². The molecule has 0 spiro atoms. The van der Waals surface area contributed by atoms with E-state index in [1.165, 1.54) is 12.1 Å². The Kier molecular flexibility index (Phi) is 3.98. The fourth-order valence-electron chi connectivity index (χ4n) is 1.09. The van der Waals surface area contributed by atoms with Crippen LogP contribution in [0.5, 0.6) is 0 Å². The highest BCUT2D eigenvalue weighted by molar-refractivity contribution is 5.17. The Bertz CT molecular complexity index is 282. The molecule has 0 radical (unpaired) electrons. The molecule has 0 heterocycles. The first kappa shape index (κ1) is 11.1. The summed E-state index contributed by atoms with van der Waals surface area (Å²) in [6, 6.07) is 3.61. The molecule has 0 aromatic heterocycles. The molecule has 3 N–H and O–H groups in total. The zero-order valence-electron chi connectivity index (χ0n) is 8.06. The number of nitrogens with two attached hydrogens (primary N) is 1. The first-order valence-corrected chi connectivity index (χ1v) is 4.50. The molecule has 0 aliphatic rings. The van der Waals surface area contributed by atoms with Crippen LogP contribution >= 0.6 is 0 Å². The van der Waals surface area contributed by atoms with Crippen molar-refractivity contribution in [1.82, 2.24) is 5.32 Å². The molecule has 0 amide bonds. The van der Waals surface area contributed by atoms with Crippen LogP contribution in [0.1, 0.15) is 12.5 Å². The van der Waals surface area contributed by atoms with Crippen LogP contribution in [0.2, 0.25) is 0 Å². The summed E-state index contributed by atoms with van der Waals surface area (Å²) in [5.41, 5.74) is 5.97. The van der Waals surface area contributed by atoms with Gasteiger partial charge in [-0.1, -0.05) is 0 Å². The molecular formula is C10H14F2N2. The van der Waals surface area contributed by atoms with Gasteiger partial charge in [0.2, 0.25) is 0 Å². The van der Waals surface area contributed by atoms with E-state index in [2.05, 4.69) is 5.32 Å². The lowest BCUT2D eigenvalue weighted by Crippen LogP contribution is -2.32. The van der Waals surface area contributed by atoms with Crippen molar-refractivity contribution in [2.24, 2.45) is 5.73 Å². The van der Waals surface area contributed by atoms with Crippen LogP contribution in [-0.2, 0) is 6.54 Å². The molecule has 0 fully saturated rings.